The maximum Gasteiger partial charge on any atom is 0.323 e. The first kappa shape index (κ1) is 16.5. The molecule has 1 aromatic heterocycles. The zero-order valence-electron chi connectivity index (χ0n) is 13.1. The zero-order chi connectivity index (χ0) is 16.8. The maximum absolute atomic E-state index is 12.1. The molecule has 1 unspecified atom stereocenters. The van der Waals surface area contributed by atoms with Gasteiger partial charge in [-0.15, -0.1) is 0 Å². The molecule has 0 radical (unpaired) electrons. The Morgan fingerprint density at radius 3 is 2.61 bits per heavy atom. The molecule has 0 aliphatic carbocycles. The summed E-state index contributed by atoms with van der Waals surface area (Å²) < 4.78 is 1.52. The van der Waals surface area contributed by atoms with Crippen molar-refractivity contribution in [1.29, 1.82) is 0 Å². The minimum Gasteiger partial charge on any atom is -0.480 e. The molecule has 2 rings (SSSR count). The summed E-state index contributed by atoms with van der Waals surface area (Å²) in [5, 5.41) is 14.5. The van der Waals surface area contributed by atoms with Crippen LogP contribution in [0.15, 0.2) is 36.7 Å². The third-order valence-corrected chi connectivity index (χ3v) is 3.39. The molecule has 0 bridgehead atoms. The largest absolute Gasteiger partial charge is 0.480 e. The lowest BCUT2D eigenvalue weighted by atomic mass is 10.2. The number of rotatable bonds is 6. The van der Waals surface area contributed by atoms with E-state index in [1.807, 2.05) is 38.1 Å². The quantitative estimate of drug-likeness (QED) is 0.763. The molecule has 0 spiro atoms. The van der Waals surface area contributed by atoms with E-state index in [1.165, 1.54) is 10.8 Å². The monoisotopic (exact) mass is 316 g/mol. The first-order valence-electron chi connectivity index (χ1n) is 7.36. The number of carbonyl (C=O) groups is 2. The molecule has 0 saturated heterocycles. The molecule has 0 fully saturated rings. The second-order valence-corrected chi connectivity index (χ2v) is 5.23. The van der Waals surface area contributed by atoms with E-state index in [-0.39, 0.29) is 18.6 Å². The molecule has 0 aliphatic rings. The molecule has 1 aromatic carbocycles. The van der Waals surface area contributed by atoms with Crippen molar-refractivity contribution in [2.45, 2.75) is 32.9 Å². The number of carbonyl (C=O) groups excluding carboxylic acids is 1. The van der Waals surface area contributed by atoms with Gasteiger partial charge in [-0.1, -0.05) is 24.6 Å². The van der Waals surface area contributed by atoms with E-state index in [4.69, 9.17) is 5.11 Å². The van der Waals surface area contributed by atoms with Gasteiger partial charge in [0.05, 0.1) is 6.04 Å². The van der Waals surface area contributed by atoms with Gasteiger partial charge in [-0.2, -0.15) is 0 Å². The number of aryl methyl sites for hydroxylation is 1. The summed E-state index contributed by atoms with van der Waals surface area (Å²) in [6.45, 7) is 3.68. The molecule has 122 valence electrons. The normalized spacial score (nSPS) is 11.7. The number of nitrogens with zero attached hydrogens (tertiary/aromatic N) is 2. The van der Waals surface area contributed by atoms with E-state index >= 15 is 0 Å². The zero-order valence-corrected chi connectivity index (χ0v) is 13.1. The molecule has 7 nitrogen and oxygen atoms in total. The van der Waals surface area contributed by atoms with Crippen LogP contribution in [-0.2, 0) is 11.3 Å². The van der Waals surface area contributed by atoms with Crippen LogP contribution in [0.4, 0.5) is 10.5 Å². The van der Waals surface area contributed by atoms with Crippen LogP contribution in [0.25, 0.3) is 0 Å². The molecule has 0 saturated carbocycles. The first-order valence-corrected chi connectivity index (χ1v) is 7.36. The van der Waals surface area contributed by atoms with E-state index in [9.17, 15) is 9.59 Å². The van der Waals surface area contributed by atoms with Crippen molar-refractivity contribution in [2.75, 3.05) is 5.32 Å². The maximum atomic E-state index is 12.1. The van der Waals surface area contributed by atoms with Crippen LogP contribution >= 0.6 is 0 Å². The van der Waals surface area contributed by atoms with Crippen molar-refractivity contribution in [3.63, 3.8) is 0 Å². The van der Waals surface area contributed by atoms with Crippen LogP contribution < -0.4 is 10.6 Å². The van der Waals surface area contributed by atoms with Crippen LogP contribution in [-0.4, -0.2) is 26.7 Å². The topological polar surface area (TPSA) is 96.3 Å². The average molecular weight is 316 g/mol. The Bertz CT molecular complexity index is 679. The molecule has 0 aliphatic heterocycles. The molecule has 2 amide bonds. The predicted molar refractivity (Wildman–Crippen MR) is 86.2 cm³/mol. The van der Waals surface area contributed by atoms with Gasteiger partial charge in [0.2, 0.25) is 0 Å². The van der Waals surface area contributed by atoms with Gasteiger partial charge in [-0.3, -0.25) is 4.79 Å². The van der Waals surface area contributed by atoms with Crippen LogP contribution in [0.2, 0.25) is 0 Å². The third-order valence-electron chi connectivity index (χ3n) is 3.39. The van der Waals surface area contributed by atoms with E-state index in [0.717, 1.165) is 5.56 Å². The van der Waals surface area contributed by atoms with E-state index in [0.29, 0.717) is 17.9 Å². The third kappa shape index (κ3) is 4.57. The summed E-state index contributed by atoms with van der Waals surface area (Å²) in [7, 11) is 0. The lowest BCUT2D eigenvalue weighted by Gasteiger charge is -2.18. The molecule has 3 N–H and O–H groups in total. The van der Waals surface area contributed by atoms with Gasteiger partial charge < -0.3 is 20.3 Å². The van der Waals surface area contributed by atoms with Crippen molar-refractivity contribution >= 4 is 17.7 Å². The summed E-state index contributed by atoms with van der Waals surface area (Å²) in [4.78, 5) is 27.2. The van der Waals surface area contributed by atoms with Crippen LogP contribution in [0.3, 0.4) is 0 Å². The van der Waals surface area contributed by atoms with Crippen LogP contribution in [0, 0.1) is 6.92 Å². The predicted octanol–water partition coefficient (Wildman–Crippen LogP) is 2.55. The Balaban J connectivity index is 2.04. The lowest BCUT2D eigenvalue weighted by molar-refractivity contribution is -0.137. The fraction of sp³-hybridized carbons (Fsp3) is 0.312. The van der Waals surface area contributed by atoms with Gasteiger partial charge >= 0.3 is 12.0 Å². The number of aromatic nitrogens is 2. The molecule has 2 aromatic rings. The molecule has 1 heterocycles. The SMILES string of the molecule is CCC(NC(=O)Nc1ccc(C)cc1)c1nccn1CC(=O)O. The lowest BCUT2D eigenvalue weighted by Crippen LogP contribution is -2.34. The summed E-state index contributed by atoms with van der Waals surface area (Å²) in [6, 6.07) is 6.74. The summed E-state index contributed by atoms with van der Waals surface area (Å²) in [5.41, 5.74) is 1.80. The summed E-state index contributed by atoms with van der Waals surface area (Å²) >= 11 is 0. The van der Waals surface area contributed by atoms with Gasteiger partial charge in [0.15, 0.2) is 0 Å². The highest BCUT2D eigenvalue weighted by molar-refractivity contribution is 5.89. The number of amides is 2. The van der Waals surface area contributed by atoms with Crippen molar-refractivity contribution in [1.82, 2.24) is 14.9 Å². The number of carboxylic acid groups (broad SMARTS) is 1. The second kappa shape index (κ2) is 7.44. The van der Waals surface area contributed by atoms with Crippen molar-refractivity contribution in [2.24, 2.45) is 0 Å². The smallest absolute Gasteiger partial charge is 0.323 e. The van der Waals surface area contributed by atoms with Crippen molar-refractivity contribution < 1.29 is 14.7 Å². The minimum atomic E-state index is -0.955. The van der Waals surface area contributed by atoms with E-state index < -0.39 is 5.97 Å². The summed E-state index contributed by atoms with van der Waals surface area (Å²) in [5.74, 6) is -0.433. The van der Waals surface area contributed by atoms with Gasteiger partial charge in [0, 0.05) is 18.1 Å². The number of hydrogen-bond donors (Lipinski definition) is 3. The molecule has 23 heavy (non-hydrogen) atoms. The number of benzene rings is 1. The molecular weight excluding hydrogens is 296 g/mol. The first-order chi connectivity index (χ1) is 11.0. The average Bonchev–Trinajstić information content (AvgIpc) is 2.94. The Kier molecular flexibility index (Phi) is 5.35. The number of urea groups is 1. The number of imidazole rings is 1. The van der Waals surface area contributed by atoms with Gasteiger partial charge in [-0.25, -0.2) is 9.78 Å². The number of nitrogens with one attached hydrogen (secondary N) is 2. The second-order valence-electron chi connectivity index (χ2n) is 5.23. The molecule has 1 atom stereocenters. The number of carboxylic acids is 1. The number of hydrogen-bond acceptors (Lipinski definition) is 3. The fourth-order valence-electron chi connectivity index (χ4n) is 2.22. The van der Waals surface area contributed by atoms with E-state index in [1.54, 1.807) is 6.20 Å². The Morgan fingerprint density at radius 2 is 2.00 bits per heavy atom. The Hall–Kier alpha value is -2.83. The van der Waals surface area contributed by atoms with E-state index in [2.05, 4.69) is 15.6 Å². The standard InChI is InChI=1S/C16H20N4O3/c1-3-13(15-17-8-9-20(15)10-14(21)22)19-16(23)18-12-6-4-11(2)5-7-12/h4-9,13H,3,10H2,1-2H3,(H,21,22)(H2,18,19,23). The van der Waals surface area contributed by atoms with Crippen LogP contribution in [0.1, 0.15) is 30.8 Å². The minimum absolute atomic E-state index is 0.187. The Labute approximate surface area is 134 Å². The number of aliphatic carboxylic acids is 1. The van der Waals surface area contributed by atoms with Gasteiger partial charge in [0.1, 0.15) is 12.4 Å². The highest BCUT2D eigenvalue weighted by Gasteiger charge is 2.18. The highest BCUT2D eigenvalue weighted by atomic mass is 16.4. The highest BCUT2D eigenvalue weighted by Crippen LogP contribution is 2.15. The van der Waals surface area contributed by atoms with Crippen molar-refractivity contribution in [3.8, 4) is 0 Å². The fourth-order valence-corrected chi connectivity index (χ4v) is 2.22. The van der Waals surface area contributed by atoms with Gasteiger partial charge in [0.25, 0.3) is 0 Å². The Morgan fingerprint density at radius 1 is 1.30 bits per heavy atom. The van der Waals surface area contributed by atoms with Crippen molar-refractivity contribution in [3.05, 3.63) is 48.0 Å². The molecular formula is C16H20N4O3. The summed E-state index contributed by atoms with van der Waals surface area (Å²) in [6.07, 6.45) is 3.71. The van der Waals surface area contributed by atoms with Gasteiger partial charge in [-0.05, 0) is 25.5 Å². The molecule has 7 heteroatoms. The number of anilines is 1. The van der Waals surface area contributed by atoms with Crippen LogP contribution in [0.5, 0.6) is 0 Å².